The van der Waals surface area contributed by atoms with E-state index in [1.165, 1.54) is 0 Å². The van der Waals surface area contributed by atoms with Crippen LogP contribution < -0.4 is 10.2 Å². The quantitative estimate of drug-likeness (QED) is 0.224. The van der Waals surface area contributed by atoms with Gasteiger partial charge in [0, 0.05) is 12.2 Å². The number of hydrogen-bond donors (Lipinski definition) is 0. The third-order valence-corrected chi connectivity index (χ3v) is 3.16. The molecule has 0 aliphatic heterocycles. The number of carbonyl (C=O) groups excluding carboxylic acids is 4. The molecule has 0 atom stereocenters. The van der Waals surface area contributed by atoms with Gasteiger partial charge < -0.3 is 29.3 Å². The van der Waals surface area contributed by atoms with Crippen LogP contribution >= 0.6 is 0 Å². The van der Waals surface area contributed by atoms with Gasteiger partial charge in [-0.05, 0) is 23.3 Å². The number of ether oxygens (including phenoxy) is 2. The average molecular weight is 618 g/mol. The number of benzene rings is 2. The Morgan fingerprint density at radius 2 is 0.935 bits per heavy atom. The second kappa shape index (κ2) is 16.5. The van der Waals surface area contributed by atoms with Gasteiger partial charge in [0.25, 0.3) is 0 Å². The van der Waals surface area contributed by atoms with E-state index in [4.69, 9.17) is 9.47 Å². The van der Waals surface area contributed by atoms with E-state index in [-0.39, 0.29) is 40.5 Å². The molecule has 2 aromatic carbocycles. The molecule has 2 rings (SSSR count). The molecule has 31 heavy (non-hydrogen) atoms. The number of carboxylic acid groups (broad SMARTS) is 2. The summed E-state index contributed by atoms with van der Waals surface area (Å²) in [5.74, 6) is -4.26. The minimum absolute atomic E-state index is 0. The van der Waals surface area contributed by atoms with E-state index in [1.807, 2.05) is 36.4 Å². The summed E-state index contributed by atoms with van der Waals surface area (Å²) in [4.78, 5) is 41.8. The third-order valence-electron chi connectivity index (χ3n) is 3.16. The normalized spacial score (nSPS) is 9.81. The Bertz CT molecular complexity index is 817. The summed E-state index contributed by atoms with van der Waals surface area (Å²) in [7, 11) is 0. The van der Waals surface area contributed by atoms with Gasteiger partial charge in [0.15, 0.2) is 0 Å². The van der Waals surface area contributed by atoms with Gasteiger partial charge in [-0.2, -0.15) is 0 Å². The van der Waals surface area contributed by atoms with Crippen LogP contribution in [0.1, 0.15) is 11.1 Å². The summed E-state index contributed by atoms with van der Waals surface area (Å²) in [6, 6.07) is 18.2. The Morgan fingerprint density at radius 1 is 0.613 bits per heavy atom. The molecular formula is C22H18O8Pb. The first-order valence-electron chi connectivity index (χ1n) is 8.56. The van der Waals surface area contributed by atoms with Crippen molar-refractivity contribution in [2.75, 3.05) is 0 Å². The smallest absolute Gasteiger partial charge is 0.545 e. The SMILES string of the molecule is O=C([O-])/C=C/C(=O)OCc1ccccc1.O=C([O-])/C=C/C(=O)OCc1ccccc1.[Pb+2]. The topological polar surface area (TPSA) is 133 Å². The molecule has 0 spiro atoms. The molecule has 2 aromatic rings. The van der Waals surface area contributed by atoms with E-state index in [9.17, 15) is 29.4 Å². The van der Waals surface area contributed by atoms with Crippen molar-refractivity contribution in [3.8, 4) is 0 Å². The number of carbonyl (C=O) groups is 4. The number of aliphatic carboxylic acids is 2. The van der Waals surface area contributed by atoms with Crippen molar-refractivity contribution in [2.24, 2.45) is 0 Å². The van der Waals surface area contributed by atoms with Gasteiger partial charge in [-0.25, -0.2) is 9.59 Å². The summed E-state index contributed by atoms with van der Waals surface area (Å²) >= 11 is 0. The van der Waals surface area contributed by atoms with Gasteiger partial charge >= 0.3 is 39.2 Å². The fraction of sp³-hybridized carbons (Fsp3) is 0.0909. The molecule has 8 nitrogen and oxygen atoms in total. The van der Waals surface area contributed by atoms with Crippen LogP contribution in [0, 0.1) is 0 Å². The number of rotatable bonds is 8. The van der Waals surface area contributed by atoms with E-state index in [2.05, 4.69) is 0 Å². The molecule has 0 heterocycles. The van der Waals surface area contributed by atoms with Crippen LogP contribution in [0.4, 0.5) is 0 Å². The van der Waals surface area contributed by atoms with E-state index in [1.54, 1.807) is 24.3 Å². The Labute approximate surface area is 199 Å². The van der Waals surface area contributed by atoms with Crippen LogP contribution in [0.3, 0.4) is 0 Å². The van der Waals surface area contributed by atoms with E-state index in [0.29, 0.717) is 12.2 Å². The molecule has 0 N–H and O–H groups in total. The second-order valence-electron chi connectivity index (χ2n) is 5.49. The van der Waals surface area contributed by atoms with Crippen LogP contribution in [-0.2, 0) is 41.9 Å². The van der Waals surface area contributed by atoms with Crippen LogP contribution in [-0.4, -0.2) is 51.2 Å². The Kier molecular flexibility index (Phi) is 14.8. The van der Waals surface area contributed by atoms with E-state index in [0.717, 1.165) is 23.3 Å². The zero-order valence-corrected chi connectivity index (χ0v) is 20.2. The van der Waals surface area contributed by atoms with Crippen molar-refractivity contribution < 1.29 is 38.9 Å². The number of esters is 2. The first-order chi connectivity index (χ1) is 14.4. The Balaban J connectivity index is 0.000000562. The molecule has 0 aliphatic carbocycles. The van der Waals surface area contributed by atoms with Gasteiger partial charge in [0.1, 0.15) is 13.2 Å². The van der Waals surface area contributed by atoms with Gasteiger partial charge in [0.2, 0.25) is 0 Å². The van der Waals surface area contributed by atoms with Crippen molar-refractivity contribution in [3.63, 3.8) is 0 Å². The maximum absolute atomic E-state index is 10.9. The molecule has 158 valence electrons. The van der Waals surface area contributed by atoms with Crippen molar-refractivity contribution in [1.29, 1.82) is 0 Å². The third kappa shape index (κ3) is 15.3. The van der Waals surface area contributed by atoms with Gasteiger partial charge in [-0.1, -0.05) is 60.7 Å². The van der Waals surface area contributed by atoms with Crippen LogP contribution in [0.5, 0.6) is 0 Å². The van der Waals surface area contributed by atoms with Gasteiger partial charge in [-0.3, -0.25) is 0 Å². The first-order valence-corrected chi connectivity index (χ1v) is 8.56. The molecule has 0 bridgehead atoms. The molecule has 0 saturated heterocycles. The predicted octanol–water partition coefficient (Wildman–Crippen LogP) is -0.309. The van der Waals surface area contributed by atoms with Crippen LogP contribution in [0.2, 0.25) is 0 Å². The van der Waals surface area contributed by atoms with Gasteiger partial charge in [0.05, 0.1) is 11.9 Å². The molecule has 0 unspecified atom stereocenters. The molecule has 2 radical (unpaired) electrons. The van der Waals surface area contributed by atoms with Crippen molar-refractivity contribution in [3.05, 3.63) is 96.1 Å². The zero-order chi connectivity index (χ0) is 22.2. The Hall–Kier alpha value is -3.28. The summed E-state index contributed by atoms with van der Waals surface area (Å²) in [5, 5.41) is 19.9. The monoisotopic (exact) mass is 618 g/mol. The summed E-state index contributed by atoms with van der Waals surface area (Å²) in [6.45, 7) is 0.244. The minimum Gasteiger partial charge on any atom is -0.545 e. The second-order valence-corrected chi connectivity index (χ2v) is 5.49. The molecule has 0 aromatic heterocycles. The molecule has 0 amide bonds. The van der Waals surface area contributed by atoms with Gasteiger partial charge in [-0.15, -0.1) is 0 Å². The molecule has 0 fully saturated rings. The van der Waals surface area contributed by atoms with Crippen LogP contribution in [0.25, 0.3) is 0 Å². The fourth-order valence-corrected chi connectivity index (χ4v) is 1.83. The summed E-state index contributed by atoms with van der Waals surface area (Å²) in [6.07, 6.45) is 2.90. The summed E-state index contributed by atoms with van der Waals surface area (Å²) in [5.41, 5.74) is 1.68. The first kappa shape index (κ1) is 27.7. The molecule has 0 saturated carbocycles. The zero-order valence-electron chi connectivity index (χ0n) is 16.3. The van der Waals surface area contributed by atoms with Crippen molar-refractivity contribution in [2.45, 2.75) is 13.2 Å². The maximum atomic E-state index is 10.9. The standard InChI is InChI=1S/2C11H10O4.Pb/c2*12-10(13)6-7-11(14)15-8-9-4-2-1-3-5-9;/h2*1-7H,8H2,(H,12,13);/q;;+2/p-2/b2*7-6+;. The number of hydrogen-bond acceptors (Lipinski definition) is 8. The maximum Gasteiger partial charge on any atom is 2.00 e. The Morgan fingerprint density at radius 3 is 1.23 bits per heavy atom. The van der Waals surface area contributed by atoms with Crippen LogP contribution in [0.15, 0.2) is 85.0 Å². The summed E-state index contributed by atoms with van der Waals surface area (Å²) < 4.78 is 9.52. The molecular weight excluding hydrogens is 599 g/mol. The van der Waals surface area contributed by atoms with Crippen molar-refractivity contribution >= 4 is 51.2 Å². The van der Waals surface area contributed by atoms with E-state index >= 15 is 0 Å². The fourth-order valence-electron chi connectivity index (χ4n) is 1.83. The molecule has 9 heteroatoms. The number of carboxylic acids is 2. The molecule has 0 aliphatic rings. The van der Waals surface area contributed by atoms with Crippen molar-refractivity contribution in [1.82, 2.24) is 0 Å². The average Bonchev–Trinajstić information content (AvgIpc) is 2.75. The predicted molar refractivity (Wildman–Crippen MR) is 107 cm³/mol. The van der Waals surface area contributed by atoms with E-state index < -0.39 is 23.9 Å². The largest absolute Gasteiger partial charge is 2.00 e. The minimum atomic E-state index is -1.42.